The smallest absolute Gasteiger partial charge is 0.416 e. The summed E-state index contributed by atoms with van der Waals surface area (Å²) in [5.41, 5.74) is 2.99. The van der Waals surface area contributed by atoms with Crippen molar-refractivity contribution < 1.29 is 42.5 Å². The average molecular weight is 660 g/mol. The number of aromatic nitrogens is 1. The van der Waals surface area contributed by atoms with Crippen LogP contribution in [-0.4, -0.2) is 118 Å². The first-order valence-electron chi connectivity index (χ1n) is 15.7. The van der Waals surface area contributed by atoms with E-state index in [2.05, 4.69) is 20.5 Å². The van der Waals surface area contributed by atoms with E-state index in [0.717, 1.165) is 18.0 Å². The van der Waals surface area contributed by atoms with Gasteiger partial charge in [-0.2, -0.15) is 0 Å². The Morgan fingerprint density at radius 2 is 1.70 bits per heavy atom. The van der Waals surface area contributed by atoms with Gasteiger partial charge in [0.2, 0.25) is 5.91 Å². The lowest BCUT2D eigenvalue weighted by Gasteiger charge is -2.25. The maximum absolute atomic E-state index is 14.0. The van der Waals surface area contributed by atoms with Crippen LogP contribution in [0.5, 0.6) is 0 Å². The number of halogens is 1. The Bertz CT molecular complexity index is 1420. The van der Waals surface area contributed by atoms with Crippen molar-refractivity contribution in [2.24, 2.45) is 0 Å². The van der Waals surface area contributed by atoms with Gasteiger partial charge in [0.15, 0.2) is 0 Å². The fraction of sp³-hybridized carbons (Fsp3) is 0.515. The number of likely N-dealkylation sites (N-methyl/N-ethyl adjacent to an activating group) is 1. The first-order valence-corrected chi connectivity index (χ1v) is 15.7. The molecule has 1 aliphatic rings. The van der Waals surface area contributed by atoms with Crippen molar-refractivity contribution in [3.8, 4) is 0 Å². The van der Waals surface area contributed by atoms with Gasteiger partial charge in [0.05, 0.1) is 44.2 Å². The number of methoxy groups -OCH3 is 1. The predicted molar refractivity (Wildman–Crippen MR) is 174 cm³/mol. The quantitative estimate of drug-likeness (QED) is 0.152. The number of anilines is 1. The zero-order valence-electron chi connectivity index (χ0n) is 27.8. The summed E-state index contributed by atoms with van der Waals surface area (Å²) in [5, 5.41) is 5.44. The number of fused-ring (bicyclic) bond motifs is 1. The van der Waals surface area contributed by atoms with Crippen LogP contribution in [0.4, 0.5) is 14.9 Å². The number of H-pyrrole nitrogens is 1. The zero-order valence-corrected chi connectivity index (χ0v) is 27.8. The van der Waals surface area contributed by atoms with Crippen molar-refractivity contribution in [1.29, 1.82) is 0 Å². The number of rotatable bonds is 19. The molecule has 14 heteroatoms. The molecule has 0 spiro atoms. The number of amides is 4. The molecule has 0 bridgehead atoms. The Morgan fingerprint density at radius 1 is 0.979 bits per heavy atom. The number of hydrogen-bond donors (Lipinski definition) is 3. The number of nitrogens with one attached hydrogen (secondary N) is 3. The van der Waals surface area contributed by atoms with E-state index >= 15 is 0 Å². The lowest BCUT2D eigenvalue weighted by Crippen LogP contribution is -2.43. The number of ether oxygens (including phenoxy) is 4. The number of carbonyl (C=O) groups is 4. The third-order valence-corrected chi connectivity index (χ3v) is 7.67. The molecule has 13 nitrogen and oxygen atoms in total. The van der Waals surface area contributed by atoms with Gasteiger partial charge in [-0.15, -0.1) is 0 Å². The topological polar surface area (TPSA) is 152 Å². The second kappa shape index (κ2) is 18.9. The minimum absolute atomic E-state index is 0.0733. The normalized spacial score (nSPS) is 13.2. The summed E-state index contributed by atoms with van der Waals surface area (Å²) < 4.78 is 35.0. The molecule has 1 aromatic carbocycles. The molecule has 0 saturated heterocycles. The highest BCUT2D eigenvalue weighted by atomic mass is 19.1. The molecule has 47 heavy (non-hydrogen) atoms. The number of aromatic amines is 1. The number of aryl methyl sites for hydroxylation is 1. The van der Waals surface area contributed by atoms with Gasteiger partial charge in [0.1, 0.15) is 12.4 Å². The Morgan fingerprint density at radius 3 is 2.43 bits per heavy atom. The monoisotopic (exact) mass is 659 g/mol. The number of hydrogen-bond acceptors (Lipinski definition) is 9. The van der Waals surface area contributed by atoms with Gasteiger partial charge in [0, 0.05) is 55.8 Å². The third-order valence-electron chi connectivity index (χ3n) is 7.67. The first-order chi connectivity index (χ1) is 22.6. The van der Waals surface area contributed by atoms with Gasteiger partial charge in [-0.1, -0.05) is 13.8 Å². The van der Waals surface area contributed by atoms with Gasteiger partial charge < -0.3 is 39.5 Å². The molecule has 0 aliphatic carbocycles. The molecular formula is C33H46FN5O8. The van der Waals surface area contributed by atoms with E-state index in [1.807, 2.05) is 13.8 Å². The first kappa shape index (κ1) is 37.3. The molecule has 0 saturated carbocycles. The summed E-state index contributed by atoms with van der Waals surface area (Å²) >= 11 is 0. The van der Waals surface area contributed by atoms with E-state index in [9.17, 15) is 23.6 Å². The SMILES string of the molecule is CCN(CC)CCN(C(=O)OCCOCCNC(=O)CCOCCOC)C(=O)c1c(C)[nH]c(/C=C2\C(=O)Nc3ccc(F)cc32)c1C. The Labute approximate surface area is 274 Å². The Balaban J connectivity index is 1.62. The second-order valence-corrected chi connectivity index (χ2v) is 10.8. The second-order valence-electron chi connectivity index (χ2n) is 10.8. The maximum Gasteiger partial charge on any atom is 0.416 e. The number of nitrogens with zero attached hydrogens (tertiary/aromatic N) is 2. The van der Waals surface area contributed by atoms with Crippen molar-refractivity contribution >= 4 is 41.2 Å². The molecule has 4 amide bonds. The van der Waals surface area contributed by atoms with E-state index in [4.69, 9.17) is 18.9 Å². The number of benzene rings is 1. The van der Waals surface area contributed by atoms with Crippen molar-refractivity contribution in [2.75, 3.05) is 84.8 Å². The van der Waals surface area contributed by atoms with Crippen LogP contribution in [0.25, 0.3) is 11.6 Å². The molecule has 3 N–H and O–H groups in total. The fourth-order valence-electron chi connectivity index (χ4n) is 5.01. The van der Waals surface area contributed by atoms with Crippen molar-refractivity contribution in [3.63, 3.8) is 0 Å². The van der Waals surface area contributed by atoms with Gasteiger partial charge >= 0.3 is 6.09 Å². The predicted octanol–water partition coefficient (Wildman–Crippen LogP) is 3.37. The highest BCUT2D eigenvalue weighted by Crippen LogP contribution is 2.34. The van der Waals surface area contributed by atoms with Crippen LogP contribution in [0.2, 0.25) is 0 Å². The Kier molecular flexibility index (Phi) is 15.0. The van der Waals surface area contributed by atoms with Crippen LogP contribution in [-0.2, 0) is 28.5 Å². The molecule has 1 aromatic heterocycles. The van der Waals surface area contributed by atoms with Crippen molar-refractivity contribution in [1.82, 2.24) is 20.1 Å². The molecule has 258 valence electrons. The van der Waals surface area contributed by atoms with Crippen molar-refractivity contribution in [3.05, 3.63) is 52.1 Å². The van der Waals surface area contributed by atoms with E-state index in [1.54, 1.807) is 27.0 Å². The average Bonchev–Trinajstić information content (AvgIpc) is 3.51. The molecule has 0 unspecified atom stereocenters. The fourth-order valence-corrected chi connectivity index (χ4v) is 5.01. The molecule has 0 radical (unpaired) electrons. The number of carbonyl (C=O) groups excluding carboxylic acids is 4. The number of imide groups is 1. The molecule has 0 atom stereocenters. The van der Waals surface area contributed by atoms with E-state index < -0.39 is 17.8 Å². The lowest BCUT2D eigenvalue weighted by atomic mass is 10.0. The summed E-state index contributed by atoms with van der Waals surface area (Å²) in [6.45, 7) is 11.1. The minimum atomic E-state index is -0.813. The molecule has 0 fully saturated rings. The summed E-state index contributed by atoms with van der Waals surface area (Å²) in [4.78, 5) is 57.9. The molecule has 2 aromatic rings. The lowest BCUT2D eigenvalue weighted by molar-refractivity contribution is -0.122. The van der Waals surface area contributed by atoms with E-state index in [-0.39, 0.29) is 62.3 Å². The van der Waals surface area contributed by atoms with Crippen LogP contribution in [0.3, 0.4) is 0 Å². The van der Waals surface area contributed by atoms with E-state index in [0.29, 0.717) is 54.6 Å². The van der Waals surface area contributed by atoms with Crippen LogP contribution in [0.15, 0.2) is 18.2 Å². The van der Waals surface area contributed by atoms with Gasteiger partial charge in [-0.25, -0.2) is 14.1 Å². The summed E-state index contributed by atoms with van der Waals surface area (Å²) in [7, 11) is 1.58. The van der Waals surface area contributed by atoms with Crippen LogP contribution >= 0.6 is 0 Å². The van der Waals surface area contributed by atoms with Crippen LogP contribution in [0.1, 0.15) is 53.1 Å². The highest BCUT2D eigenvalue weighted by molar-refractivity contribution is 6.35. The standard InChI is InChI=1S/C33H46FN5O8/c1-6-38(7-2)12-13-39(33(43)47-19-18-46-15-11-35-29(40)10-14-45-17-16-44-5)32(42)30-22(3)28(36-23(30)4)21-26-25-20-24(34)8-9-27(25)37-31(26)41/h8-9,20-21,36H,6-7,10-19H2,1-5H3,(H,35,40)(H,37,41)/b26-21-. The molecule has 3 rings (SSSR count). The van der Waals surface area contributed by atoms with Gasteiger partial charge in [0.25, 0.3) is 11.8 Å². The maximum atomic E-state index is 14.0. The zero-order chi connectivity index (χ0) is 34.3. The van der Waals surface area contributed by atoms with E-state index in [1.165, 1.54) is 18.2 Å². The molecular weight excluding hydrogens is 613 g/mol. The van der Waals surface area contributed by atoms with Gasteiger partial charge in [-0.3, -0.25) is 14.4 Å². The van der Waals surface area contributed by atoms with Crippen LogP contribution in [0, 0.1) is 19.7 Å². The summed E-state index contributed by atoms with van der Waals surface area (Å²) in [6, 6.07) is 4.05. The van der Waals surface area contributed by atoms with Crippen molar-refractivity contribution in [2.45, 2.75) is 34.1 Å². The highest BCUT2D eigenvalue weighted by Gasteiger charge is 2.30. The summed E-state index contributed by atoms with van der Waals surface area (Å²) in [6.07, 6.45) is 0.988. The largest absolute Gasteiger partial charge is 0.447 e. The Hall–Kier alpha value is -4.11. The molecule has 1 aliphatic heterocycles. The van der Waals surface area contributed by atoms with Crippen LogP contribution < -0.4 is 10.6 Å². The summed E-state index contributed by atoms with van der Waals surface area (Å²) in [5.74, 6) is -1.58. The molecule has 2 heterocycles. The van der Waals surface area contributed by atoms with Gasteiger partial charge in [-0.05, 0) is 56.8 Å². The minimum Gasteiger partial charge on any atom is -0.447 e. The third kappa shape index (κ3) is 10.7.